The van der Waals surface area contributed by atoms with Gasteiger partial charge in [-0.2, -0.15) is 0 Å². The van der Waals surface area contributed by atoms with E-state index in [2.05, 4.69) is 21.4 Å². The van der Waals surface area contributed by atoms with Crippen molar-refractivity contribution in [3.05, 3.63) is 59.9 Å². The maximum atomic E-state index is 5.96. The number of fused-ring (bicyclic) bond motifs is 1. The van der Waals surface area contributed by atoms with Crippen molar-refractivity contribution in [3.8, 4) is 11.6 Å². The number of nitrogens with zero attached hydrogens (tertiary/aromatic N) is 2. The van der Waals surface area contributed by atoms with Crippen LogP contribution >= 0.6 is 0 Å². The van der Waals surface area contributed by atoms with Gasteiger partial charge in [0.25, 0.3) is 0 Å². The first-order valence-corrected chi connectivity index (χ1v) is 6.89. The predicted octanol–water partition coefficient (Wildman–Crippen LogP) is 3.45. The van der Waals surface area contributed by atoms with Crippen LogP contribution in [0.2, 0.25) is 0 Å². The van der Waals surface area contributed by atoms with Crippen LogP contribution in [0.1, 0.15) is 11.1 Å². The highest BCUT2D eigenvalue weighted by Gasteiger charge is 2.08. The molecule has 21 heavy (non-hydrogen) atoms. The van der Waals surface area contributed by atoms with E-state index in [0.29, 0.717) is 5.88 Å². The molecular formula is C17H17N3O. The second kappa shape index (κ2) is 5.89. The third-order valence-electron chi connectivity index (χ3n) is 3.27. The van der Waals surface area contributed by atoms with Gasteiger partial charge in [0.2, 0.25) is 5.88 Å². The fraction of sp³-hybridized carbons (Fsp3) is 0.176. The third kappa shape index (κ3) is 2.85. The highest BCUT2D eigenvalue weighted by molar-refractivity contribution is 5.84. The van der Waals surface area contributed by atoms with E-state index < -0.39 is 0 Å². The molecule has 0 aliphatic heterocycles. The average Bonchev–Trinajstić information content (AvgIpc) is 2.51. The maximum absolute atomic E-state index is 5.96. The van der Waals surface area contributed by atoms with Crippen LogP contribution in [0.3, 0.4) is 0 Å². The molecular weight excluding hydrogens is 262 g/mol. The van der Waals surface area contributed by atoms with Gasteiger partial charge >= 0.3 is 0 Å². The lowest BCUT2D eigenvalue weighted by molar-refractivity contribution is 0.462. The quantitative estimate of drug-likeness (QED) is 0.794. The molecule has 0 saturated heterocycles. The molecule has 0 bridgehead atoms. The van der Waals surface area contributed by atoms with E-state index in [1.165, 1.54) is 0 Å². The van der Waals surface area contributed by atoms with Crippen LogP contribution in [-0.2, 0) is 6.54 Å². The minimum Gasteiger partial charge on any atom is -0.436 e. The highest BCUT2D eigenvalue weighted by Crippen LogP contribution is 2.28. The summed E-state index contributed by atoms with van der Waals surface area (Å²) in [7, 11) is 1.92. The molecule has 0 amide bonds. The van der Waals surface area contributed by atoms with Crippen molar-refractivity contribution in [1.29, 1.82) is 0 Å². The standard InChI is InChI=1S/C17H17N3O/c1-12-9-13(10-18-2)11-20-17(12)21-15-7-3-5-14-6-4-8-19-16(14)15/h3-9,11,18H,10H2,1-2H3. The molecule has 0 radical (unpaired) electrons. The van der Waals surface area contributed by atoms with Crippen LogP contribution in [0.5, 0.6) is 11.6 Å². The van der Waals surface area contributed by atoms with Crippen LogP contribution in [0.15, 0.2) is 48.8 Å². The molecule has 0 aliphatic rings. The van der Waals surface area contributed by atoms with Gasteiger partial charge in [-0.05, 0) is 37.7 Å². The van der Waals surface area contributed by atoms with Crippen LogP contribution in [0.25, 0.3) is 10.9 Å². The summed E-state index contributed by atoms with van der Waals surface area (Å²) in [6, 6.07) is 11.9. The second-order valence-corrected chi connectivity index (χ2v) is 4.93. The van der Waals surface area contributed by atoms with Gasteiger partial charge < -0.3 is 10.1 Å². The number of rotatable bonds is 4. The third-order valence-corrected chi connectivity index (χ3v) is 3.27. The average molecular weight is 279 g/mol. The number of pyridine rings is 2. The summed E-state index contributed by atoms with van der Waals surface area (Å²) >= 11 is 0. The summed E-state index contributed by atoms with van der Waals surface area (Å²) in [5.41, 5.74) is 2.99. The first-order chi connectivity index (χ1) is 10.3. The summed E-state index contributed by atoms with van der Waals surface area (Å²) in [4.78, 5) is 8.80. The van der Waals surface area contributed by atoms with Crippen molar-refractivity contribution in [2.24, 2.45) is 0 Å². The SMILES string of the molecule is CNCc1cnc(Oc2cccc3cccnc23)c(C)c1. The van der Waals surface area contributed by atoms with Crippen molar-refractivity contribution >= 4 is 10.9 Å². The van der Waals surface area contributed by atoms with Crippen LogP contribution in [-0.4, -0.2) is 17.0 Å². The first-order valence-electron chi connectivity index (χ1n) is 6.89. The topological polar surface area (TPSA) is 47.0 Å². The van der Waals surface area contributed by atoms with E-state index in [9.17, 15) is 0 Å². The minimum absolute atomic E-state index is 0.619. The van der Waals surface area contributed by atoms with Crippen molar-refractivity contribution in [1.82, 2.24) is 15.3 Å². The zero-order valence-electron chi connectivity index (χ0n) is 12.1. The van der Waals surface area contributed by atoms with E-state index >= 15 is 0 Å². The van der Waals surface area contributed by atoms with Crippen molar-refractivity contribution < 1.29 is 4.74 Å². The molecule has 2 heterocycles. The Morgan fingerprint density at radius 2 is 2.00 bits per heavy atom. The molecule has 1 N–H and O–H groups in total. The normalized spacial score (nSPS) is 10.8. The van der Waals surface area contributed by atoms with Crippen molar-refractivity contribution in [3.63, 3.8) is 0 Å². The van der Waals surface area contributed by atoms with E-state index in [0.717, 1.165) is 34.3 Å². The zero-order valence-corrected chi connectivity index (χ0v) is 12.1. The monoisotopic (exact) mass is 279 g/mol. The Bertz CT molecular complexity index is 766. The fourth-order valence-electron chi connectivity index (χ4n) is 2.29. The number of para-hydroxylation sites is 1. The molecule has 0 fully saturated rings. The molecule has 106 valence electrons. The molecule has 4 heteroatoms. The van der Waals surface area contributed by atoms with Gasteiger partial charge in [-0.25, -0.2) is 4.98 Å². The van der Waals surface area contributed by atoms with E-state index in [1.807, 2.05) is 50.5 Å². The van der Waals surface area contributed by atoms with Gasteiger partial charge in [0, 0.05) is 29.9 Å². The predicted molar refractivity (Wildman–Crippen MR) is 83.6 cm³/mol. The number of hydrogen-bond donors (Lipinski definition) is 1. The molecule has 0 aliphatic carbocycles. The van der Waals surface area contributed by atoms with E-state index in [1.54, 1.807) is 6.20 Å². The fourth-order valence-corrected chi connectivity index (χ4v) is 2.29. The van der Waals surface area contributed by atoms with Gasteiger partial charge in [-0.3, -0.25) is 4.98 Å². The van der Waals surface area contributed by atoms with Crippen molar-refractivity contribution in [2.75, 3.05) is 7.05 Å². The number of nitrogens with one attached hydrogen (secondary N) is 1. The number of benzene rings is 1. The van der Waals surface area contributed by atoms with Gasteiger partial charge in [0.15, 0.2) is 5.75 Å². The number of ether oxygens (including phenoxy) is 1. The Hall–Kier alpha value is -2.46. The lowest BCUT2D eigenvalue weighted by atomic mass is 10.2. The smallest absolute Gasteiger partial charge is 0.222 e. The lowest BCUT2D eigenvalue weighted by Crippen LogP contribution is -2.06. The van der Waals surface area contributed by atoms with Crippen LogP contribution in [0.4, 0.5) is 0 Å². The molecule has 1 aromatic carbocycles. The summed E-state index contributed by atoms with van der Waals surface area (Å²) in [5.74, 6) is 1.35. The first kappa shape index (κ1) is 13.5. The highest BCUT2D eigenvalue weighted by atomic mass is 16.5. The van der Waals surface area contributed by atoms with Gasteiger partial charge in [0.1, 0.15) is 5.52 Å². The molecule has 3 rings (SSSR count). The molecule has 0 atom stereocenters. The van der Waals surface area contributed by atoms with Gasteiger partial charge in [-0.15, -0.1) is 0 Å². The molecule has 0 unspecified atom stereocenters. The summed E-state index contributed by atoms with van der Waals surface area (Å²) in [6.07, 6.45) is 3.60. The number of aryl methyl sites for hydroxylation is 1. The van der Waals surface area contributed by atoms with Gasteiger partial charge in [0.05, 0.1) is 0 Å². The Morgan fingerprint density at radius 1 is 1.14 bits per heavy atom. The molecule has 0 saturated carbocycles. The minimum atomic E-state index is 0.619. The summed E-state index contributed by atoms with van der Waals surface area (Å²) in [5, 5.41) is 4.17. The molecule has 0 spiro atoms. The van der Waals surface area contributed by atoms with Gasteiger partial charge in [-0.1, -0.05) is 18.2 Å². The zero-order chi connectivity index (χ0) is 14.7. The number of hydrogen-bond acceptors (Lipinski definition) is 4. The molecule has 2 aromatic heterocycles. The Kier molecular flexibility index (Phi) is 3.79. The summed E-state index contributed by atoms with van der Waals surface area (Å²) in [6.45, 7) is 2.80. The second-order valence-electron chi connectivity index (χ2n) is 4.93. The van der Waals surface area contributed by atoms with Crippen LogP contribution < -0.4 is 10.1 Å². The largest absolute Gasteiger partial charge is 0.436 e. The van der Waals surface area contributed by atoms with E-state index in [-0.39, 0.29) is 0 Å². The Balaban J connectivity index is 1.95. The molecule has 4 nitrogen and oxygen atoms in total. The lowest BCUT2D eigenvalue weighted by Gasteiger charge is -2.10. The Morgan fingerprint density at radius 3 is 2.81 bits per heavy atom. The number of aromatic nitrogens is 2. The van der Waals surface area contributed by atoms with Crippen LogP contribution in [0, 0.1) is 6.92 Å². The van der Waals surface area contributed by atoms with Crippen molar-refractivity contribution in [2.45, 2.75) is 13.5 Å². The summed E-state index contributed by atoms with van der Waals surface area (Å²) < 4.78 is 5.96. The Labute approximate surface area is 123 Å². The van der Waals surface area contributed by atoms with E-state index in [4.69, 9.17) is 4.74 Å². The maximum Gasteiger partial charge on any atom is 0.222 e. The molecule has 3 aromatic rings.